The minimum Gasteiger partial charge on any atom is -0.486 e. The molecule has 4 atom stereocenters. The van der Waals surface area contributed by atoms with Gasteiger partial charge >= 0.3 is 0 Å². The van der Waals surface area contributed by atoms with Crippen molar-refractivity contribution < 1.29 is 14.3 Å². The van der Waals surface area contributed by atoms with E-state index in [1.165, 1.54) is 12.8 Å². The molecule has 0 spiro atoms. The number of carbonyl (C=O) groups excluding carboxylic acids is 1. The Balaban J connectivity index is 1.58. The minimum absolute atomic E-state index is 0.126. The predicted molar refractivity (Wildman–Crippen MR) is 96.9 cm³/mol. The Labute approximate surface area is 148 Å². The Morgan fingerprint density at radius 1 is 1.21 bits per heavy atom. The number of nitrogens with one attached hydrogen (secondary N) is 1. The molecule has 24 heavy (non-hydrogen) atoms. The molecule has 1 saturated carbocycles. The Kier molecular flexibility index (Phi) is 5.59. The molecular formula is C19H27NO3S. The van der Waals surface area contributed by atoms with Crippen LogP contribution in [0.25, 0.3) is 0 Å². The van der Waals surface area contributed by atoms with Crippen LogP contribution in [0.5, 0.6) is 11.5 Å². The lowest BCUT2D eigenvalue weighted by Crippen LogP contribution is -2.46. The maximum absolute atomic E-state index is 12.6. The molecule has 132 valence electrons. The third-order valence-electron chi connectivity index (χ3n) is 5.23. The summed E-state index contributed by atoms with van der Waals surface area (Å²) in [6, 6.07) is 6.19. The van der Waals surface area contributed by atoms with Gasteiger partial charge in [0, 0.05) is 10.9 Å². The number of hydrogen-bond donors (Lipinski definition) is 1. The molecule has 0 bridgehead atoms. The van der Waals surface area contributed by atoms with Crippen molar-refractivity contribution in [3.8, 4) is 11.5 Å². The topological polar surface area (TPSA) is 47.6 Å². The van der Waals surface area contributed by atoms with Crippen molar-refractivity contribution >= 4 is 17.7 Å². The highest BCUT2D eigenvalue weighted by Crippen LogP contribution is 2.36. The first kappa shape index (κ1) is 17.5. The van der Waals surface area contributed by atoms with E-state index in [2.05, 4.69) is 19.2 Å². The summed E-state index contributed by atoms with van der Waals surface area (Å²) in [5.74, 6) is 2.92. The highest BCUT2D eigenvalue weighted by molar-refractivity contribution is 8.00. The van der Waals surface area contributed by atoms with Crippen molar-refractivity contribution in [2.24, 2.45) is 11.8 Å². The van der Waals surface area contributed by atoms with Gasteiger partial charge in [-0.1, -0.05) is 26.7 Å². The Morgan fingerprint density at radius 3 is 2.75 bits per heavy atom. The van der Waals surface area contributed by atoms with Crippen LogP contribution in [-0.2, 0) is 4.79 Å². The zero-order valence-corrected chi connectivity index (χ0v) is 15.5. The van der Waals surface area contributed by atoms with E-state index in [0.717, 1.165) is 22.8 Å². The van der Waals surface area contributed by atoms with Crippen LogP contribution in [0.4, 0.5) is 0 Å². The molecule has 0 radical (unpaired) electrons. The van der Waals surface area contributed by atoms with Crippen molar-refractivity contribution in [2.75, 3.05) is 13.2 Å². The highest BCUT2D eigenvalue weighted by Gasteiger charge is 2.29. The molecule has 0 unspecified atom stereocenters. The number of hydrogen-bond acceptors (Lipinski definition) is 4. The van der Waals surface area contributed by atoms with Gasteiger partial charge in [0.15, 0.2) is 11.5 Å². The smallest absolute Gasteiger partial charge is 0.233 e. The number of rotatable bonds is 4. The van der Waals surface area contributed by atoms with E-state index in [1.807, 2.05) is 25.1 Å². The molecule has 3 rings (SSSR count). The molecule has 2 aliphatic rings. The van der Waals surface area contributed by atoms with E-state index >= 15 is 0 Å². The summed E-state index contributed by atoms with van der Waals surface area (Å²) in [5, 5.41) is 3.14. The lowest BCUT2D eigenvalue weighted by molar-refractivity contribution is -0.121. The van der Waals surface area contributed by atoms with Crippen LogP contribution in [0, 0.1) is 11.8 Å². The first-order chi connectivity index (χ1) is 11.5. The Bertz CT molecular complexity index is 592. The summed E-state index contributed by atoms with van der Waals surface area (Å²) in [6.07, 6.45) is 3.58. The van der Waals surface area contributed by atoms with Crippen LogP contribution in [0.2, 0.25) is 0 Å². The molecule has 1 heterocycles. The van der Waals surface area contributed by atoms with Crippen LogP contribution in [0.1, 0.15) is 40.0 Å². The first-order valence-electron chi connectivity index (χ1n) is 8.91. The third-order valence-corrected chi connectivity index (χ3v) is 6.32. The van der Waals surface area contributed by atoms with Crippen molar-refractivity contribution in [3.05, 3.63) is 18.2 Å². The molecule has 1 aliphatic heterocycles. The Morgan fingerprint density at radius 2 is 1.96 bits per heavy atom. The van der Waals surface area contributed by atoms with E-state index in [4.69, 9.17) is 9.47 Å². The van der Waals surface area contributed by atoms with E-state index in [-0.39, 0.29) is 11.2 Å². The molecule has 1 aliphatic carbocycles. The zero-order valence-electron chi connectivity index (χ0n) is 14.7. The quantitative estimate of drug-likeness (QED) is 0.838. The molecule has 1 N–H and O–H groups in total. The standard InChI is InChI=1S/C19H27NO3S/c1-12-5-4-6-16(13(12)2)20-19(21)14(3)24-15-7-8-17-18(11-15)23-10-9-22-17/h7-8,11-14,16H,4-6,9-10H2,1-3H3,(H,20,21)/t12-,13+,14+,16+/m0/s1. The second-order valence-corrected chi connectivity index (χ2v) is 8.36. The average molecular weight is 349 g/mol. The van der Waals surface area contributed by atoms with Crippen LogP contribution in [-0.4, -0.2) is 30.4 Å². The van der Waals surface area contributed by atoms with Gasteiger partial charge in [-0.15, -0.1) is 11.8 Å². The molecule has 5 heteroatoms. The van der Waals surface area contributed by atoms with E-state index < -0.39 is 0 Å². The summed E-state index contributed by atoms with van der Waals surface area (Å²) >= 11 is 1.57. The number of fused-ring (bicyclic) bond motifs is 1. The van der Waals surface area contributed by atoms with Gasteiger partial charge in [-0.05, 0) is 43.4 Å². The van der Waals surface area contributed by atoms with Gasteiger partial charge in [0.25, 0.3) is 0 Å². The lowest BCUT2D eigenvalue weighted by atomic mass is 9.78. The molecule has 0 saturated heterocycles. The largest absolute Gasteiger partial charge is 0.486 e. The SMILES string of the molecule is C[C@@H]1[C@@H](C)CCC[C@H]1NC(=O)[C@@H](C)Sc1ccc2c(c1)OCCO2. The fourth-order valence-electron chi connectivity index (χ4n) is 3.44. The normalized spacial score (nSPS) is 27.4. The molecule has 1 fully saturated rings. The molecular weight excluding hydrogens is 322 g/mol. The van der Waals surface area contributed by atoms with E-state index in [9.17, 15) is 4.79 Å². The maximum Gasteiger partial charge on any atom is 0.233 e. The van der Waals surface area contributed by atoms with Gasteiger partial charge in [0.05, 0.1) is 5.25 Å². The number of carbonyl (C=O) groups is 1. The first-order valence-corrected chi connectivity index (χ1v) is 9.79. The lowest BCUT2D eigenvalue weighted by Gasteiger charge is -2.35. The van der Waals surface area contributed by atoms with Crippen molar-refractivity contribution in [2.45, 2.75) is 56.2 Å². The van der Waals surface area contributed by atoms with E-state index in [1.54, 1.807) is 11.8 Å². The number of ether oxygens (including phenoxy) is 2. The average Bonchev–Trinajstić information content (AvgIpc) is 2.58. The minimum atomic E-state index is -0.128. The van der Waals surface area contributed by atoms with Crippen LogP contribution in [0.15, 0.2) is 23.1 Å². The third kappa shape index (κ3) is 4.00. The van der Waals surface area contributed by atoms with Crippen molar-refractivity contribution in [3.63, 3.8) is 0 Å². The molecule has 4 nitrogen and oxygen atoms in total. The Hall–Kier alpha value is -1.36. The van der Waals surface area contributed by atoms with Gasteiger partial charge < -0.3 is 14.8 Å². The summed E-state index contributed by atoms with van der Waals surface area (Å²) < 4.78 is 11.2. The monoisotopic (exact) mass is 349 g/mol. The second-order valence-electron chi connectivity index (χ2n) is 6.95. The summed E-state index contributed by atoms with van der Waals surface area (Å²) in [7, 11) is 0. The maximum atomic E-state index is 12.6. The summed E-state index contributed by atoms with van der Waals surface area (Å²) in [6.45, 7) is 7.68. The number of thioether (sulfide) groups is 1. The van der Waals surface area contributed by atoms with Gasteiger partial charge in [0.2, 0.25) is 5.91 Å². The van der Waals surface area contributed by atoms with Gasteiger partial charge in [0.1, 0.15) is 13.2 Å². The zero-order chi connectivity index (χ0) is 17.1. The summed E-state index contributed by atoms with van der Waals surface area (Å²) in [5.41, 5.74) is 0. The summed E-state index contributed by atoms with van der Waals surface area (Å²) in [4.78, 5) is 13.6. The van der Waals surface area contributed by atoms with Gasteiger partial charge in [-0.3, -0.25) is 4.79 Å². The van der Waals surface area contributed by atoms with E-state index in [0.29, 0.717) is 31.1 Å². The number of benzene rings is 1. The fourth-order valence-corrected chi connectivity index (χ4v) is 4.35. The molecule has 1 aromatic rings. The fraction of sp³-hybridized carbons (Fsp3) is 0.632. The predicted octanol–water partition coefficient (Wildman–Crippen LogP) is 3.88. The van der Waals surface area contributed by atoms with Gasteiger partial charge in [-0.25, -0.2) is 0 Å². The second kappa shape index (κ2) is 7.68. The van der Waals surface area contributed by atoms with Crippen molar-refractivity contribution in [1.29, 1.82) is 0 Å². The highest BCUT2D eigenvalue weighted by atomic mass is 32.2. The van der Waals surface area contributed by atoms with Crippen LogP contribution >= 0.6 is 11.8 Å². The van der Waals surface area contributed by atoms with Gasteiger partial charge in [-0.2, -0.15) is 0 Å². The number of amides is 1. The van der Waals surface area contributed by atoms with Crippen LogP contribution in [0.3, 0.4) is 0 Å². The van der Waals surface area contributed by atoms with Crippen LogP contribution < -0.4 is 14.8 Å². The molecule has 1 aromatic carbocycles. The molecule has 1 amide bonds. The molecule has 0 aromatic heterocycles. The van der Waals surface area contributed by atoms with Crippen molar-refractivity contribution in [1.82, 2.24) is 5.32 Å².